The molecule has 0 aliphatic rings. The van der Waals surface area contributed by atoms with Crippen molar-refractivity contribution >= 4 is 27.5 Å². The van der Waals surface area contributed by atoms with E-state index >= 15 is 0 Å². The van der Waals surface area contributed by atoms with E-state index in [4.69, 9.17) is 14.5 Å². The molecule has 4 nitrogen and oxygen atoms in total. The van der Waals surface area contributed by atoms with Crippen molar-refractivity contribution in [3.05, 3.63) is 60.7 Å². The van der Waals surface area contributed by atoms with Crippen molar-refractivity contribution in [3.63, 3.8) is 0 Å². The molecule has 3 aromatic carbocycles. The molecule has 4 heteroatoms. The van der Waals surface area contributed by atoms with Crippen LogP contribution in [0.4, 0.5) is 5.69 Å². The number of hydrogen-bond donors (Lipinski definition) is 1. The van der Waals surface area contributed by atoms with Crippen LogP contribution < -0.4 is 14.8 Å². The fraction of sp³-hybridized carbons (Fsp3) is 0.136. The van der Waals surface area contributed by atoms with Gasteiger partial charge in [-0.1, -0.05) is 36.4 Å². The van der Waals surface area contributed by atoms with Gasteiger partial charge in [-0.15, -0.1) is 0 Å². The minimum absolute atomic E-state index is 0.772. The second-order valence-corrected chi connectivity index (χ2v) is 6.02. The van der Waals surface area contributed by atoms with Crippen LogP contribution in [0.3, 0.4) is 0 Å². The molecule has 1 heterocycles. The quantitative estimate of drug-likeness (QED) is 0.522. The van der Waals surface area contributed by atoms with Gasteiger partial charge < -0.3 is 14.8 Å². The van der Waals surface area contributed by atoms with E-state index in [2.05, 4.69) is 17.4 Å². The van der Waals surface area contributed by atoms with Gasteiger partial charge in [0.15, 0.2) is 0 Å². The Morgan fingerprint density at radius 2 is 1.35 bits per heavy atom. The van der Waals surface area contributed by atoms with Crippen molar-refractivity contribution in [1.82, 2.24) is 4.98 Å². The van der Waals surface area contributed by atoms with Gasteiger partial charge in [-0.3, -0.25) is 0 Å². The van der Waals surface area contributed by atoms with Crippen molar-refractivity contribution < 1.29 is 9.47 Å². The van der Waals surface area contributed by atoms with Gasteiger partial charge in [0.25, 0.3) is 0 Å². The number of aromatic nitrogens is 1. The normalized spacial score (nSPS) is 10.9. The molecule has 0 atom stereocenters. The topological polar surface area (TPSA) is 43.4 Å². The Kier molecular flexibility index (Phi) is 4.09. The average Bonchev–Trinajstić information content (AvgIpc) is 2.71. The lowest BCUT2D eigenvalue weighted by molar-refractivity contribution is 0.406. The summed E-state index contributed by atoms with van der Waals surface area (Å²) in [4.78, 5) is 4.81. The maximum Gasteiger partial charge on any atom is 0.142 e. The van der Waals surface area contributed by atoms with Gasteiger partial charge in [0, 0.05) is 35.0 Å². The summed E-state index contributed by atoms with van der Waals surface area (Å²) >= 11 is 0. The second-order valence-electron chi connectivity index (χ2n) is 6.02. The summed E-state index contributed by atoms with van der Waals surface area (Å²) in [6.07, 6.45) is 0. The summed E-state index contributed by atoms with van der Waals surface area (Å²) in [5, 5.41) is 5.33. The number of para-hydroxylation sites is 2. The minimum atomic E-state index is 0.772. The molecular weight excluding hydrogens is 324 g/mol. The molecule has 0 saturated carbocycles. The lowest BCUT2D eigenvalue weighted by atomic mass is 9.95. The molecule has 0 radical (unpaired) electrons. The molecule has 0 unspecified atom stereocenters. The van der Waals surface area contributed by atoms with Crippen LogP contribution in [0, 0.1) is 0 Å². The maximum absolute atomic E-state index is 5.72. The van der Waals surface area contributed by atoms with E-state index in [0.29, 0.717) is 0 Å². The maximum atomic E-state index is 5.72. The lowest BCUT2D eigenvalue weighted by Crippen LogP contribution is -1.98. The standard InChI is InChI=1S/C22H20N2O2/c1-23-19-13-20(25-2)16(12-21(19)26-3)22-14-8-4-6-10-17(14)24-18-11-7-5-9-15(18)22/h4-13,23H,1-3H3. The van der Waals surface area contributed by atoms with E-state index in [-0.39, 0.29) is 0 Å². The Hall–Kier alpha value is -3.27. The third-order valence-electron chi connectivity index (χ3n) is 4.65. The van der Waals surface area contributed by atoms with Crippen molar-refractivity contribution in [2.24, 2.45) is 0 Å². The molecule has 26 heavy (non-hydrogen) atoms. The molecule has 130 valence electrons. The highest BCUT2D eigenvalue weighted by atomic mass is 16.5. The first-order valence-electron chi connectivity index (χ1n) is 8.48. The van der Waals surface area contributed by atoms with Crippen LogP contribution in [0.25, 0.3) is 32.9 Å². The van der Waals surface area contributed by atoms with Crippen molar-refractivity contribution in [1.29, 1.82) is 0 Å². The highest BCUT2D eigenvalue weighted by Crippen LogP contribution is 2.43. The fourth-order valence-corrected chi connectivity index (χ4v) is 3.42. The van der Waals surface area contributed by atoms with E-state index < -0.39 is 0 Å². The van der Waals surface area contributed by atoms with Gasteiger partial charge in [0.1, 0.15) is 11.5 Å². The molecule has 0 aliphatic heterocycles. The number of rotatable bonds is 4. The first-order chi connectivity index (χ1) is 12.8. The molecule has 1 aromatic heterocycles. The molecular formula is C22H20N2O2. The molecule has 0 bridgehead atoms. The minimum Gasteiger partial charge on any atom is -0.496 e. The lowest BCUT2D eigenvalue weighted by Gasteiger charge is -2.17. The molecule has 4 rings (SSSR count). The Balaban J connectivity index is 2.16. The van der Waals surface area contributed by atoms with Gasteiger partial charge in [0.2, 0.25) is 0 Å². The Morgan fingerprint density at radius 1 is 0.769 bits per heavy atom. The monoisotopic (exact) mass is 344 g/mol. The van der Waals surface area contributed by atoms with Crippen LogP contribution in [0.2, 0.25) is 0 Å². The van der Waals surface area contributed by atoms with E-state index in [9.17, 15) is 0 Å². The van der Waals surface area contributed by atoms with Crippen LogP contribution in [-0.4, -0.2) is 26.3 Å². The molecule has 0 fully saturated rings. The molecule has 4 aromatic rings. The van der Waals surface area contributed by atoms with Crippen LogP contribution in [-0.2, 0) is 0 Å². The highest BCUT2D eigenvalue weighted by Gasteiger charge is 2.17. The molecule has 0 saturated heterocycles. The number of nitrogens with one attached hydrogen (secondary N) is 1. The first kappa shape index (κ1) is 16.2. The first-order valence-corrected chi connectivity index (χ1v) is 8.48. The third-order valence-corrected chi connectivity index (χ3v) is 4.65. The Bertz CT molecular complexity index is 1050. The van der Waals surface area contributed by atoms with Crippen LogP contribution in [0.15, 0.2) is 60.7 Å². The van der Waals surface area contributed by atoms with Crippen LogP contribution in [0.5, 0.6) is 11.5 Å². The SMILES string of the molecule is CNc1cc(OC)c(-c2c3ccccc3nc3ccccc23)cc1OC. The summed E-state index contributed by atoms with van der Waals surface area (Å²) in [6.45, 7) is 0. The summed E-state index contributed by atoms with van der Waals surface area (Å²) in [6, 6.07) is 20.4. The Labute approximate surface area is 152 Å². The van der Waals surface area contributed by atoms with Crippen molar-refractivity contribution in [2.45, 2.75) is 0 Å². The number of pyridine rings is 1. The molecule has 0 amide bonds. The van der Waals surface area contributed by atoms with Crippen LogP contribution in [0.1, 0.15) is 0 Å². The van der Waals surface area contributed by atoms with Crippen molar-refractivity contribution in [2.75, 3.05) is 26.6 Å². The van der Waals surface area contributed by atoms with E-state index in [0.717, 1.165) is 50.1 Å². The predicted octanol–water partition coefficient (Wildman–Crippen LogP) is 5.11. The number of methoxy groups -OCH3 is 2. The Morgan fingerprint density at radius 3 is 1.88 bits per heavy atom. The summed E-state index contributed by atoms with van der Waals surface area (Å²) in [7, 11) is 5.24. The number of anilines is 1. The number of benzene rings is 3. The number of hydrogen-bond acceptors (Lipinski definition) is 4. The summed E-state index contributed by atoms with van der Waals surface area (Å²) in [5.74, 6) is 1.56. The van der Waals surface area contributed by atoms with E-state index in [1.54, 1.807) is 14.2 Å². The predicted molar refractivity (Wildman–Crippen MR) is 107 cm³/mol. The van der Waals surface area contributed by atoms with Gasteiger partial charge in [0.05, 0.1) is 30.9 Å². The van der Waals surface area contributed by atoms with Gasteiger partial charge in [-0.25, -0.2) is 4.98 Å². The second kappa shape index (κ2) is 6.56. The van der Waals surface area contributed by atoms with Crippen molar-refractivity contribution in [3.8, 4) is 22.6 Å². The highest BCUT2D eigenvalue weighted by molar-refractivity contribution is 6.10. The van der Waals surface area contributed by atoms with Gasteiger partial charge >= 0.3 is 0 Å². The fourth-order valence-electron chi connectivity index (χ4n) is 3.42. The van der Waals surface area contributed by atoms with Gasteiger partial charge in [-0.05, 0) is 18.2 Å². The van der Waals surface area contributed by atoms with Crippen LogP contribution >= 0.6 is 0 Å². The largest absolute Gasteiger partial charge is 0.496 e. The zero-order chi connectivity index (χ0) is 18.1. The van der Waals surface area contributed by atoms with E-state index in [1.807, 2.05) is 55.6 Å². The molecule has 0 spiro atoms. The summed E-state index contributed by atoms with van der Waals surface area (Å²) in [5.41, 5.74) is 4.89. The molecule has 0 aliphatic carbocycles. The zero-order valence-electron chi connectivity index (χ0n) is 15.0. The third kappa shape index (κ3) is 2.51. The van der Waals surface area contributed by atoms with E-state index in [1.165, 1.54) is 0 Å². The smallest absolute Gasteiger partial charge is 0.142 e. The average molecular weight is 344 g/mol. The number of fused-ring (bicyclic) bond motifs is 2. The number of nitrogens with zero attached hydrogens (tertiary/aromatic N) is 1. The zero-order valence-corrected chi connectivity index (χ0v) is 15.0. The number of ether oxygens (including phenoxy) is 2. The molecule has 1 N–H and O–H groups in total. The van der Waals surface area contributed by atoms with Gasteiger partial charge in [-0.2, -0.15) is 0 Å². The summed E-state index contributed by atoms with van der Waals surface area (Å²) < 4.78 is 11.3.